The van der Waals surface area contributed by atoms with Crippen LogP contribution in [0.1, 0.15) is 25.0 Å². The van der Waals surface area contributed by atoms with Crippen molar-refractivity contribution >= 4 is 17.4 Å². The normalized spacial score (nSPS) is 14.2. The highest BCUT2D eigenvalue weighted by atomic mass is 32.1. The Kier molecular flexibility index (Phi) is 6.83. The number of aliphatic hydroxyl groups excluding tert-OH is 1. The molecule has 0 aliphatic carbocycles. The van der Waals surface area contributed by atoms with Crippen LogP contribution in [-0.4, -0.2) is 49.3 Å². The lowest BCUT2D eigenvalue weighted by Gasteiger charge is -2.18. The van der Waals surface area contributed by atoms with Crippen molar-refractivity contribution in [2.75, 3.05) is 27.2 Å². The fourth-order valence-corrected chi connectivity index (χ4v) is 2.28. The van der Waals surface area contributed by atoms with Gasteiger partial charge in [0.15, 0.2) is 0 Å². The molecule has 0 spiro atoms. The Morgan fingerprint density at radius 2 is 2.26 bits per heavy atom. The average Bonchev–Trinajstić information content (AvgIpc) is 2.87. The summed E-state index contributed by atoms with van der Waals surface area (Å²) >= 11 is 1.53. The maximum Gasteiger partial charge on any atom is 0.315 e. The zero-order valence-electron chi connectivity index (χ0n) is 11.7. The number of carbonyl (C=O) groups excluding carboxylic acids is 1. The number of nitrogens with zero attached hydrogens (tertiary/aromatic N) is 1. The van der Waals surface area contributed by atoms with Crippen LogP contribution in [0.5, 0.6) is 0 Å². The molecule has 108 valence electrons. The lowest BCUT2D eigenvalue weighted by Crippen LogP contribution is -2.43. The molecule has 1 rings (SSSR count). The maximum absolute atomic E-state index is 11.6. The second kappa shape index (κ2) is 8.14. The van der Waals surface area contributed by atoms with Crippen LogP contribution in [0, 0.1) is 0 Å². The molecule has 1 heterocycles. The van der Waals surface area contributed by atoms with Crippen molar-refractivity contribution in [3.63, 3.8) is 0 Å². The molecule has 3 N–H and O–H groups in total. The maximum atomic E-state index is 11.6. The summed E-state index contributed by atoms with van der Waals surface area (Å²) in [6, 6.07) is 1.73. The molecule has 2 amide bonds. The van der Waals surface area contributed by atoms with E-state index in [4.69, 9.17) is 0 Å². The van der Waals surface area contributed by atoms with Crippen LogP contribution in [0.15, 0.2) is 16.8 Å². The predicted octanol–water partition coefficient (Wildman–Crippen LogP) is 1.42. The Morgan fingerprint density at radius 1 is 1.53 bits per heavy atom. The molecule has 5 nitrogen and oxygen atoms in total. The van der Waals surface area contributed by atoms with Crippen LogP contribution < -0.4 is 10.6 Å². The molecule has 0 bridgehead atoms. The average molecular weight is 285 g/mol. The molecule has 0 saturated heterocycles. The standard InChI is InChI=1S/C13H23N3O2S/c1-10(4-6-16(2)3)15-13(18)14-8-12(17)11-5-7-19-9-11/h5,7,9-10,12,17H,4,6,8H2,1-3H3,(H2,14,15,18). The molecule has 0 aliphatic heterocycles. The van der Waals surface area contributed by atoms with Crippen molar-refractivity contribution in [2.24, 2.45) is 0 Å². The molecule has 0 saturated carbocycles. The van der Waals surface area contributed by atoms with Crippen molar-refractivity contribution in [1.82, 2.24) is 15.5 Å². The lowest BCUT2D eigenvalue weighted by atomic mass is 10.2. The first-order chi connectivity index (χ1) is 8.99. The Labute approximate surface area is 118 Å². The Balaban J connectivity index is 2.20. The van der Waals surface area contributed by atoms with Gasteiger partial charge in [-0.15, -0.1) is 0 Å². The van der Waals surface area contributed by atoms with Crippen molar-refractivity contribution in [3.8, 4) is 0 Å². The van der Waals surface area contributed by atoms with E-state index >= 15 is 0 Å². The number of rotatable bonds is 7. The minimum absolute atomic E-state index is 0.112. The van der Waals surface area contributed by atoms with Gasteiger partial charge in [0.05, 0.1) is 6.10 Å². The van der Waals surface area contributed by atoms with E-state index in [-0.39, 0.29) is 18.6 Å². The van der Waals surface area contributed by atoms with Gasteiger partial charge in [-0.05, 0) is 56.4 Å². The number of nitrogens with one attached hydrogen (secondary N) is 2. The molecule has 2 atom stereocenters. The van der Waals surface area contributed by atoms with E-state index in [2.05, 4.69) is 15.5 Å². The van der Waals surface area contributed by atoms with Gasteiger partial charge in [-0.25, -0.2) is 4.79 Å². The van der Waals surface area contributed by atoms with Gasteiger partial charge in [-0.2, -0.15) is 11.3 Å². The largest absolute Gasteiger partial charge is 0.387 e. The molecule has 6 heteroatoms. The van der Waals surface area contributed by atoms with E-state index < -0.39 is 6.10 Å². The Bertz CT molecular complexity index is 368. The van der Waals surface area contributed by atoms with Gasteiger partial charge in [0.25, 0.3) is 0 Å². The minimum Gasteiger partial charge on any atom is -0.387 e. The summed E-state index contributed by atoms with van der Waals surface area (Å²) in [4.78, 5) is 13.7. The number of hydrogen-bond donors (Lipinski definition) is 3. The zero-order chi connectivity index (χ0) is 14.3. The summed E-state index contributed by atoms with van der Waals surface area (Å²) in [5, 5.41) is 19.1. The van der Waals surface area contributed by atoms with Crippen LogP contribution in [0.4, 0.5) is 4.79 Å². The van der Waals surface area contributed by atoms with Crippen molar-refractivity contribution in [1.29, 1.82) is 0 Å². The molecule has 1 aromatic rings. The molecule has 0 radical (unpaired) electrons. The lowest BCUT2D eigenvalue weighted by molar-refractivity contribution is 0.173. The third-order valence-electron chi connectivity index (χ3n) is 2.77. The summed E-state index contributed by atoms with van der Waals surface area (Å²) in [7, 11) is 4.01. The molecule has 0 fully saturated rings. The monoisotopic (exact) mass is 285 g/mol. The van der Waals surface area contributed by atoms with E-state index in [1.807, 2.05) is 37.8 Å². The van der Waals surface area contributed by atoms with Gasteiger partial charge in [0.1, 0.15) is 0 Å². The molecule has 2 unspecified atom stereocenters. The molecule has 1 aromatic heterocycles. The Morgan fingerprint density at radius 3 is 2.84 bits per heavy atom. The van der Waals surface area contributed by atoms with E-state index in [1.165, 1.54) is 11.3 Å². The van der Waals surface area contributed by atoms with E-state index in [1.54, 1.807) is 0 Å². The highest BCUT2D eigenvalue weighted by Gasteiger charge is 2.11. The van der Waals surface area contributed by atoms with Gasteiger partial charge in [-0.1, -0.05) is 0 Å². The number of aliphatic hydroxyl groups is 1. The molecule has 0 aliphatic rings. The van der Waals surface area contributed by atoms with Gasteiger partial charge < -0.3 is 20.6 Å². The SMILES string of the molecule is CC(CCN(C)C)NC(=O)NCC(O)c1ccsc1. The van der Waals surface area contributed by atoms with Crippen LogP contribution in [0.25, 0.3) is 0 Å². The van der Waals surface area contributed by atoms with Gasteiger partial charge >= 0.3 is 6.03 Å². The zero-order valence-corrected chi connectivity index (χ0v) is 12.5. The number of thiophene rings is 1. The fraction of sp³-hybridized carbons (Fsp3) is 0.615. The molecule has 0 aromatic carbocycles. The molecular formula is C13H23N3O2S. The van der Waals surface area contributed by atoms with Crippen LogP contribution in [0.3, 0.4) is 0 Å². The highest BCUT2D eigenvalue weighted by Crippen LogP contribution is 2.14. The third-order valence-corrected chi connectivity index (χ3v) is 3.47. The number of hydrogen-bond acceptors (Lipinski definition) is 4. The smallest absolute Gasteiger partial charge is 0.315 e. The van der Waals surface area contributed by atoms with E-state index in [0.717, 1.165) is 18.5 Å². The quantitative estimate of drug-likeness (QED) is 0.710. The van der Waals surface area contributed by atoms with Crippen molar-refractivity contribution in [3.05, 3.63) is 22.4 Å². The van der Waals surface area contributed by atoms with Gasteiger partial charge in [0, 0.05) is 12.6 Å². The molecular weight excluding hydrogens is 262 g/mol. The summed E-state index contributed by atoms with van der Waals surface area (Å²) in [6.07, 6.45) is 0.252. The summed E-state index contributed by atoms with van der Waals surface area (Å²) in [5.74, 6) is 0. The second-order valence-electron chi connectivity index (χ2n) is 4.92. The summed E-state index contributed by atoms with van der Waals surface area (Å²) in [5.41, 5.74) is 0.839. The van der Waals surface area contributed by atoms with Crippen LogP contribution in [-0.2, 0) is 0 Å². The predicted molar refractivity (Wildman–Crippen MR) is 78.4 cm³/mol. The number of carbonyl (C=O) groups is 1. The second-order valence-corrected chi connectivity index (χ2v) is 5.70. The number of urea groups is 1. The van der Waals surface area contributed by atoms with E-state index in [0.29, 0.717) is 0 Å². The van der Waals surface area contributed by atoms with Crippen molar-refractivity contribution in [2.45, 2.75) is 25.5 Å². The van der Waals surface area contributed by atoms with Gasteiger partial charge in [-0.3, -0.25) is 0 Å². The van der Waals surface area contributed by atoms with Crippen molar-refractivity contribution < 1.29 is 9.90 Å². The highest BCUT2D eigenvalue weighted by molar-refractivity contribution is 7.07. The summed E-state index contributed by atoms with van der Waals surface area (Å²) in [6.45, 7) is 3.13. The number of amides is 2. The first kappa shape index (κ1) is 15.9. The first-order valence-corrected chi connectivity index (χ1v) is 7.32. The van der Waals surface area contributed by atoms with Crippen LogP contribution >= 0.6 is 11.3 Å². The Hall–Kier alpha value is -1.11. The topological polar surface area (TPSA) is 64.6 Å². The van der Waals surface area contributed by atoms with Gasteiger partial charge in [0.2, 0.25) is 0 Å². The van der Waals surface area contributed by atoms with E-state index in [9.17, 15) is 9.90 Å². The minimum atomic E-state index is -0.644. The fourth-order valence-electron chi connectivity index (χ4n) is 1.57. The first-order valence-electron chi connectivity index (χ1n) is 6.38. The summed E-state index contributed by atoms with van der Waals surface area (Å²) < 4.78 is 0. The van der Waals surface area contributed by atoms with Crippen LogP contribution in [0.2, 0.25) is 0 Å². The molecule has 19 heavy (non-hydrogen) atoms. The third kappa shape index (κ3) is 6.56.